The molecular weight excluding hydrogens is 283 g/mol. The number of rotatable bonds is 7. The number of hydrogen-bond donors (Lipinski definition) is 1. The molecule has 0 bridgehead atoms. The molecule has 0 unspecified atom stereocenters. The second-order valence-electron chi connectivity index (χ2n) is 5.83. The van der Waals surface area contributed by atoms with Crippen molar-refractivity contribution in [2.75, 3.05) is 7.05 Å². The minimum atomic E-state index is -0.108. The summed E-state index contributed by atoms with van der Waals surface area (Å²) < 4.78 is 14.0. The van der Waals surface area contributed by atoms with Gasteiger partial charge in [-0.3, -0.25) is 4.90 Å². The highest BCUT2D eigenvalue weighted by molar-refractivity contribution is 7.09. The van der Waals surface area contributed by atoms with E-state index in [1.807, 2.05) is 19.2 Å². The highest BCUT2D eigenvalue weighted by atomic mass is 32.1. The molecule has 1 aromatic heterocycles. The standard InChI is InChI=1S/C17H21FN2S/c1-20(12-16-3-2-8-21-16)11-14-9-13(4-7-17(14)18)10-19-15-5-6-15/h2-4,7-9,15,19H,5-6,10-12H2,1H3. The van der Waals surface area contributed by atoms with Crippen LogP contribution in [-0.4, -0.2) is 18.0 Å². The highest BCUT2D eigenvalue weighted by Crippen LogP contribution is 2.20. The van der Waals surface area contributed by atoms with Crippen molar-refractivity contribution in [1.29, 1.82) is 0 Å². The maximum absolute atomic E-state index is 14.0. The van der Waals surface area contributed by atoms with Gasteiger partial charge in [-0.15, -0.1) is 11.3 Å². The maximum atomic E-state index is 14.0. The van der Waals surface area contributed by atoms with E-state index in [2.05, 4.69) is 27.7 Å². The third-order valence-corrected chi connectivity index (χ3v) is 4.59. The van der Waals surface area contributed by atoms with E-state index < -0.39 is 0 Å². The molecule has 0 saturated heterocycles. The first-order chi connectivity index (χ1) is 10.2. The summed E-state index contributed by atoms with van der Waals surface area (Å²) in [6.07, 6.45) is 2.55. The van der Waals surface area contributed by atoms with E-state index in [-0.39, 0.29) is 5.82 Å². The summed E-state index contributed by atoms with van der Waals surface area (Å²) in [5.41, 5.74) is 1.95. The fourth-order valence-electron chi connectivity index (χ4n) is 2.42. The summed E-state index contributed by atoms with van der Waals surface area (Å²) in [6, 6.07) is 10.3. The monoisotopic (exact) mass is 304 g/mol. The fraction of sp³-hybridized carbons (Fsp3) is 0.412. The van der Waals surface area contributed by atoms with Gasteiger partial charge >= 0.3 is 0 Å². The molecular formula is C17H21FN2S. The molecule has 0 amide bonds. The van der Waals surface area contributed by atoms with Crippen molar-refractivity contribution in [2.24, 2.45) is 0 Å². The Bertz CT molecular complexity index is 578. The minimum absolute atomic E-state index is 0.108. The predicted octanol–water partition coefficient (Wildman–Crippen LogP) is 3.77. The number of halogens is 1. The van der Waals surface area contributed by atoms with Crippen LogP contribution in [0.3, 0.4) is 0 Å². The molecule has 0 radical (unpaired) electrons. The molecule has 3 rings (SSSR count). The largest absolute Gasteiger partial charge is 0.310 e. The molecule has 0 aliphatic heterocycles. The fourth-order valence-corrected chi connectivity index (χ4v) is 3.21. The molecule has 1 aromatic carbocycles. The molecule has 1 aliphatic rings. The Morgan fingerprint density at radius 1 is 1.29 bits per heavy atom. The van der Waals surface area contributed by atoms with Crippen molar-refractivity contribution < 1.29 is 4.39 Å². The van der Waals surface area contributed by atoms with Gasteiger partial charge < -0.3 is 5.32 Å². The van der Waals surface area contributed by atoms with Crippen LogP contribution in [0.5, 0.6) is 0 Å². The van der Waals surface area contributed by atoms with Gasteiger partial charge in [-0.25, -0.2) is 4.39 Å². The Balaban J connectivity index is 1.61. The van der Waals surface area contributed by atoms with Crippen molar-refractivity contribution in [3.8, 4) is 0 Å². The van der Waals surface area contributed by atoms with Crippen LogP contribution in [0.1, 0.15) is 28.8 Å². The van der Waals surface area contributed by atoms with Gasteiger partial charge in [0, 0.05) is 36.1 Å². The topological polar surface area (TPSA) is 15.3 Å². The molecule has 1 fully saturated rings. The molecule has 2 nitrogen and oxygen atoms in total. The first kappa shape index (κ1) is 14.7. The molecule has 4 heteroatoms. The van der Waals surface area contributed by atoms with E-state index in [9.17, 15) is 4.39 Å². The molecule has 1 aliphatic carbocycles. The zero-order valence-corrected chi connectivity index (χ0v) is 13.1. The number of nitrogens with zero attached hydrogens (tertiary/aromatic N) is 1. The van der Waals surface area contributed by atoms with Gasteiger partial charge in [0.1, 0.15) is 5.82 Å². The smallest absolute Gasteiger partial charge is 0.127 e. The Labute approximate surface area is 129 Å². The lowest BCUT2D eigenvalue weighted by atomic mass is 10.1. The number of hydrogen-bond acceptors (Lipinski definition) is 3. The normalized spacial score (nSPS) is 14.8. The van der Waals surface area contributed by atoms with E-state index >= 15 is 0 Å². The van der Waals surface area contributed by atoms with Crippen LogP contribution >= 0.6 is 11.3 Å². The highest BCUT2D eigenvalue weighted by Gasteiger charge is 2.20. The lowest BCUT2D eigenvalue weighted by Crippen LogP contribution is -2.19. The van der Waals surface area contributed by atoms with E-state index in [0.29, 0.717) is 12.6 Å². The zero-order chi connectivity index (χ0) is 14.7. The Kier molecular flexibility index (Phi) is 4.68. The van der Waals surface area contributed by atoms with E-state index in [0.717, 1.165) is 18.7 Å². The van der Waals surface area contributed by atoms with Crippen LogP contribution in [-0.2, 0) is 19.6 Å². The maximum Gasteiger partial charge on any atom is 0.127 e. The van der Waals surface area contributed by atoms with E-state index in [1.54, 1.807) is 17.4 Å². The quantitative estimate of drug-likeness (QED) is 0.837. The number of benzene rings is 1. The number of nitrogens with one attached hydrogen (secondary N) is 1. The summed E-state index contributed by atoms with van der Waals surface area (Å²) in [6.45, 7) is 2.34. The second kappa shape index (κ2) is 6.69. The second-order valence-corrected chi connectivity index (χ2v) is 6.86. The zero-order valence-electron chi connectivity index (χ0n) is 12.3. The van der Waals surface area contributed by atoms with Crippen molar-refractivity contribution in [3.05, 3.63) is 57.5 Å². The molecule has 0 spiro atoms. The van der Waals surface area contributed by atoms with Crippen molar-refractivity contribution in [3.63, 3.8) is 0 Å². The van der Waals surface area contributed by atoms with Crippen molar-refractivity contribution in [2.45, 2.75) is 38.5 Å². The van der Waals surface area contributed by atoms with E-state index in [1.165, 1.54) is 23.3 Å². The van der Waals surface area contributed by atoms with Gasteiger partial charge in [-0.05, 0) is 43.0 Å². The average Bonchev–Trinajstić information content (AvgIpc) is 3.16. The van der Waals surface area contributed by atoms with E-state index in [4.69, 9.17) is 0 Å². The van der Waals surface area contributed by atoms with Crippen LogP contribution in [0.4, 0.5) is 4.39 Å². The van der Waals surface area contributed by atoms with Gasteiger partial charge in [0.05, 0.1) is 0 Å². The van der Waals surface area contributed by atoms with Crippen LogP contribution in [0.2, 0.25) is 0 Å². The average molecular weight is 304 g/mol. The van der Waals surface area contributed by atoms with Crippen molar-refractivity contribution in [1.82, 2.24) is 10.2 Å². The van der Waals surface area contributed by atoms with Gasteiger partial charge in [0.2, 0.25) is 0 Å². The molecule has 1 heterocycles. The van der Waals surface area contributed by atoms with Crippen LogP contribution in [0.25, 0.3) is 0 Å². The number of thiophene rings is 1. The molecule has 21 heavy (non-hydrogen) atoms. The lowest BCUT2D eigenvalue weighted by Gasteiger charge is -2.17. The first-order valence-electron chi connectivity index (χ1n) is 7.42. The molecule has 112 valence electrons. The Hall–Kier alpha value is -1.23. The predicted molar refractivity (Wildman–Crippen MR) is 85.8 cm³/mol. The van der Waals surface area contributed by atoms with Gasteiger partial charge in [-0.2, -0.15) is 0 Å². The van der Waals surface area contributed by atoms with Crippen molar-refractivity contribution >= 4 is 11.3 Å². The Morgan fingerprint density at radius 3 is 2.86 bits per heavy atom. The Morgan fingerprint density at radius 2 is 2.14 bits per heavy atom. The lowest BCUT2D eigenvalue weighted by molar-refractivity contribution is 0.316. The summed E-state index contributed by atoms with van der Waals surface area (Å²) in [4.78, 5) is 3.46. The third kappa shape index (κ3) is 4.37. The van der Waals surface area contributed by atoms with Crippen LogP contribution in [0.15, 0.2) is 35.7 Å². The first-order valence-corrected chi connectivity index (χ1v) is 8.30. The van der Waals surface area contributed by atoms with Crippen LogP contribution in [0, 0.1) is 5.82 Å². The van der Waals surface area contributed by atoms with Gasteiger partial charge in [-0.1, -0.05) is 18.2 Å². The molecule has 1 saturated carbocycles. The summed E-state index contributed by atoms with van der Waals surface area (Å²) in [5, 5.41) is 5.55. The summed E-state index contributed by atoms with van der Waals surface area (Å²) in [5.74, 6) is -0.108. The molecule has 0 atom stereocenters. The van der Waals surface area contributed by atoms with Gasteiger partial charge in [0.25, 0.3) is 0 Å². The summed E-state index contributed by atoms with van der Waals surface area (Å²) >= 11 is 1.74. The third-order valence-electron chi connectivity index (χ3n) is 3.73. The van der Waals surface area contributed by atoms with Crippen LogP contribution < -0.4 is 5.32 Å². The molecule has 1 N–H and O–H groups in total. The summed E-state index contributed by atoms with van der Waals surface area (Å²) in [7, 11) is 2.04. The van der Waals surface area contributed by atoms with Gasteiger partial charge in [0.15, 0.2) is 0 Å². The SMILES string of the molecule is CN(Cc1cccs1)Cc1cc(CNC2CC2)ccc1F. The minimum Gasteiger partial charge on any atom is -0.310 e. The molecule has 2 aromatic rings.